The second-order valence-electron chi connectivity index (χ2n) is 4.45. The van der Waals surface area contributed by atoms with Crippen LogP contribution >= 0.6 is 15.9 Å². The molecule has 3 rings (SSSR count). The first-order chi connectivity index (χ1) is 8.74. The molecule has 0 spiro atoms. The highest BCUT2D eigenvalue weighted by atomic mass is 79.9. The zero-order chi connectivity index (χ0) is 12.5. The molecule has 0 bridgehead atoms. The molecule has 0 unspecified atom stereocenters. The van der Waals surface area contributed by atoms with Crippen LogP contribution in [0.3, 0.4) is 0 Å². The standard InChI is InChI=1S/C15H13BrO2/c16-11-7-5-10(6-8-11)15-9-13(17)12-3-1-2-4-14(12)18-15/h1-8,13,15,17H,9H2/t13-,15+/m1/s1. The highest BCUT2D eigenvalue weighted by molar-refractivity contribution is 9.10. The van der Waals surface area contributed by atoms with Crippen molar-refractivity contribution in [2.24, 2.45) is 0 Å². The summed E-state index contributed by atoms with van der Waals surface area (Å²) in [5.41, 5.74) is 1.97. The summed E-state index contributed by atoms with van der Waals surface area (Å²) in [5.74, 6) is 0.782. The number of halogens is 1. The largest absolute Gasteiger partial charge is 0.485 e. The summed E-state index contributed by atoms with van der Waals surface area (Å²) in [6, 6.07) is 15.7. The summed E-state index contributed by atoms with van der Waals surface area (Å²) in [5, 5.41) is 10.2. The molecule has 0 saturated heterocycles. The molecule has 0 radical (unpaired) electrons. The van der Waals surface area contributed by atoms with Gasteiger partial charge in [-0.15, -0.1) is 0 Å². The Hall–Kier alpha value is -1.32. The smallest absolute Gasteiger partial charge is 0.127 e. The molecule has 1 heterocycles. The fraction of sp³-hybridized carbons (Fsp3) is 0.200. The van der Waals surface area contributed by atoms with Gasteiger partial charge in [-0.25, -0.2) is 0 Å². The summed E-state index contributed by atoms with van der Waals surface area (Å²) in [7, 11) is 0. The SMILES string of the molecule is O[C@@H]1C[C@@H](c2ccc(Br)cc2)Oc2ccccc21. The van der Waals surface area contributed by atoms with E-state index in [4.69, 9.17) is 4.74 Å². The van der Waals surface area contributed by atoms with Crippen LogP contribution in [0.4, 0.5) is 0 Å². The van der Waals surface area contributed by atoms with Crippen molar-refractivity contribution in [2.75, 3.05) is 0 Å². The number of hydrogen-bond acceptors (Lipinski definition) is 2. The third-order valence-corrected chi connectivity index (χ3v) is 3.76. The topological polar surface area (TPSA) is 29.5 Å². The first-order valence-electron chi connectivity index (χ1n) is 5.93. The minimum atomic E-state index is -0.455. The lowest BCUT2D eigenvalue weighted by atomic mass is 9.95. The summed E-state index contributed by atoms with van der Waals surface area (Å²) in [6.07, 6.45) is 0.0603. The van der Waals surface area contributed by atoms with Gasteiger partial charge in [-0.3, -0.25) is 0 Å². The van der Waals surface area contributed by atoms with Crippen LogP contribution in [0.25, 0.3) is 0 Å². The molecular weight excluding hydrogens is 292 g/mol. The van der Waals surface area contributed by atoms with Gasteiger partial charge in [0.05, 0.1) is 6.10 Å². The van der Waals surface area contributed by atoms with E-state index in [2.05, 4.69) is 15.9 Å². The van der Waals surface area contributed by atoms with Crippen LogP contribution in [0.1, 0.15) is 29.8 Å². The molecule has 1 aliphatic rings. The zero-order valence-corrected chi connectivity index (χ0v) is 11.3. The molecular formula is C15H13BrO2. The van der Waals surface area contributed by atoms with Crippen LogP contribution < -0.4 is 4.74 Å². The molecule has 0 amide bonds. The van der Waals surface area contributed by atoms with E-state index in [0.717, 1.165) is 21.3 Å². The maximum atomic E-state index is 10.2. The van der Waals surface area contributed by atoms with Crippen LogP contribution in [0.2, 0.25) is 0 Å². The lowest BCUT2D eigenvalue weighted by Gasteiger charge is -2.29. The lowest BCUT2D eigenvalue weighted by molar-refractivity contribution is 0.0657. The molecule has 3 heteroatoms. The number of ether oxygens (including phenoxy) is 1. The van der Waals surface area contributed by atoms with Crippen LogP contribution in [-0.2, 0) is 0 Å². The first-order valence-corrected chi connectivity index (χ1v) is 6.72. The molecule has 2 aromatic rings. The molecule has 1 N–H and O–H groups in total. The average Bonchev–Trinajstić information content (AvgIpc) is 2.39. The predicted octanol–water partition coefficient (Wildman–Crippen LogP) is 4.01. The monoisotopic (exact) mass is 304 g/mol. The van der Waals surface area contributed by atoms with E-state index in [-0.39, 0.29) is 6.10 Å². The van der Waals surface area contributed by atoms with E-state index < -0.39 is 6.10 Å². The molecule has 0 saturated carbocycles. The van der Waals surface area contributed by atoms with Gasteiger partial charge in [0.15, 0.2) is 0 Å². The highest BCUT2D eigenvalue weighted by Gasteiger charge is 2.27. The summed E-state index contributed by atoms with van der Waals surface area (Å²) in [6.45, 7) is 0. The third kappa shape index (κ3) is 2.16. The first kappa shape index (κ1) is 11.8. The number of para-hydroxylation sites is 1. The summed E-state index contributed by atoms with van der Waals surface area (Å²) >= 11 is 3.42. The number of aliphatic hydroxyl groups is 1. The van der Waals surface area contributed by atoms with Crippen LogP contribution in [0.15, 0.2) is 53.0 Å². The van der Waals surface area contributed by atoms with E-state index in [1.165, 1.54) is 0 Å². The molecule has 2 atom stereocenters. The average molecular weight is 305 g/mol. The van der Waals surface area contributed by atoms with Crippen molar-refractivity contribution in [3.63, 3.8) is 0 Å². The Morgan fingerprint density at radius 3 is 2.56 bits per heavy atom. The number of hydrogen-bond donors (Lipinski definition) is 1. The van der Waals surface area contributed by atoms with Crippen molar-refractivity contribution < 1.29 is 9.84 Å². The normalized spacial score (nSPS) is 22.1. The molecule has 1 aliphatic heterocycles. The molecule has 0 aromatic heterocycles. The lowest BCUT2D eigenvalue weighted by Crippen LogP contribution is -2.18. The minimum absolute atomic E-state index is 0.0806. The quantitative estimate of drug-likeness (QED) is 0.862. The Morgan fingerprint density at radius 1 is 1.06 bits per heavy atom. The van der Waals surface area contributed by atoms with E-state index in [9.17, 15) is 5.11 Å². The third-order valence-electron chi connectivity index (χ3n) is 3.23. The van der Waals surface area contributed by atoms with Crippen LogP contribution in [0.5, 0.6) is 5.75 Å². The van der Waals surface area contributed by atoms with E-state index in [0.29, 0.717) is 6.42 Å². The second kappa shape index (κ2) is 4.75. The maximum Gasteiger partial charge on any atom is 0.127 e. The fourth-order valence-electron chi connectivity index (χ4n) is 2.28. The molecule has 92 valence electrons. The summed E-state index contributed by atoms with van der Waals surface area (Å²) in [4.78, 5) is 0. The van der Waals surface area contributed by atoms with Crippen LogP contribution in [-0.4, -0.2) is 5.11 Å². The van der Waals surface area contributed by atoms with Crippen molar-refractivity contribution in [3.8, 4) is 5.75 Å². The van der Waals surface area contributed by atoms with Gasteiger partial charge in [0.2, 0.25) is 0 Å². The van der Waals surface area contributed by atoms with Crippen molar-refractivity contribution in [1.82, 2.24) is 0 Å². The molecule has 0 fully saturated rings. The minimum Gasteiger partial charge on any atom is -0.485 e. The Morgan fingerprint density at radius 2 is 1.78 bits per heavy atom. The molecule has 2 aromatic carbocycles. The van der Waals surface area contributed by atoms with Crippen LogP contribution in [0, 0.1) is 0 Å². The van der Waals surface area contributed by atoms with E-state index in [1.807, 2.05) is 48.5 Å². The van der Waals surface area contributed by atoms with Gasteiger partial charge in [-0.1, -0.05) is 46.3 Å². The molecule has 18 heavy (non-hydrogen) atoms. The number of fused-ring (bicyclic) bond motifs is 1. The number of rotatable bonds is 1. The van der Waals surface area contributed by atoms with Crippen molar-refractivity contribution in [3.05, 3.63) is 64.1 Å². The van der Waals surface area contributed by atoms with E-state index >= 15 is 0 Å². The van der Waals surface area contributed by atoms with Gasteiger partial charge in [0.25, 0.3) is 0 Å². The van der Waals surface area contributed by atoms with Gasteiger partial charge in [-0.2, -0.15) is 0 Å². The zero-order valence-electron chi connectivity index (χ0n) is 9.71. The Bertz CT molecular complexity index is 551. The summed E-state index contributed by atoms with van der Waals surface area (Å²) < 4.78 is 7.00. The van der Waals surface area contributed by atoms with Crippen molar-refractivity contribution >= 4 is 15.9 Å². The van der Waals surface area contributed by atoms with Gasteiger partial charge in [0, 0.05) is 16.5 Å². The van der Waals surface area contributed by atoms with Gasteiger partial charge >= 0.3 is 0 Å². The molecule has 0 aliphatic carbocycles. The Kier molecular flexibility index (Phi) is 3.10. The van der Waals surface area contributed by atoms with Crippen molar-refractivity contribution in [1.29, 1.82) is 0 Å². The highest BCUT2D eigenvalue weighted by Crippen LogP contribution is 2.40. The number of aliphatic hydroxyl groups excluding tert-OH is 1. The Balaban J connectivity index is 1.92. The van der Waals surface area contributed by atoms with Gasteiger partial charge in [0.1, 0.15) is 11.9 Å². The number of benzene rings is 2. The second-order valence-corrected chi connectivity index (χ2v) is 5.36. The molecule has 2 nitrogen and oxygen atoms in total. The Labute approximate surface area is 114 Å². The van der Waals surface area contributed by atoms with E-state index in [1.54, 1.807) is 0 Å². The maximum absolute atomic E-state index is 10.2. The van der Waals surface area contributed by atoms with Gasteiger partial charge in [-0.05, 0) is 23.8 Å². The fourth-order valence-corrected chi connectivity index (χ4v) is 2.54. The van der Waals surface area contributed by atoms with Gasteiger partial charge < -0.3 is 9.84 Å². The predicted molar refractivity (Wildman–Crippen MR) is 73.5 cm³/mol. The van der Waals surface area contributed by atoms with Crippen molar-refractivity contribution in [2.45, 2.75) is 18.6 Å².